The first-order valence-corrected chi connectivity index (χ1v) is 8.23. The highest BCUT2D eigenvalue weighted by molar-refractivity contribution is 5.69. The smallest absolute Gasteiger partial charge is 0.407 e. The first-order valence-electron chi connectivity index (χ1n) is 8.23. The van der Waals surface area contributed by atoms with Gasteiger partial charge in [-0.15, -0.1) is 0 Å². The van der Waals surface area contributed by atoms with E-state index in [9.17, 15) is 4.79 Å². The molecule has 1 aliphatic rings. The highest BCUT2D eigenvalue weighted by Crippen LogP contribution is 2.41. The highest BCUT2D eigenvalue weighted by atomic mass is 16.6. The molecule has 1 fully saturated rings. The van der Waals surface area contributed by atoms with E-state index in [1.807, 2.05) is 63.2 Å². The second-order valence-electron chi connectivity index (χ2n) is 7.08. The van der Waals surface area contributed by atoms with Crippen LogP contribution in [0.2, 0.25) is 0 Å². The van der Waals surface area contributed by atoms with Crippen molar-refractivity contribution in [2.24, 2.45) is 0 Å². The van der Waals surface area contributed by atoms with Crippen LogP contribution in [0.4, 0.5) is 4.79 Å². The van der Waals surface area contributed by atoms with Gasteiger partial charge in [-0.2, -0.15) is 0 Å². The fraction of sp³-hybridized carbons (Fsp3) is 0.350. The van der Waals surface area contributed by atoms with Crippen molar-refractivity contribution in [2.75, 3.05) is 0 Å². The highest BCUT2D eigenvalue weighted by Gasteiger charge is 2.40. The minimum Gasteiger partial charge on any atom is -0.457 e. The summed E-state index contributed by atoms with van der Waals surface area (Å²) in [4.78, 5) is 11.8. The van der Waals surface area contributed by atoms with Gasteiger partial charge in [0.2, 0.25) is 0 Å². The van der Waals surface area contributed by atoms with Gasteiger partial charge >= 0.3 is 6.09 Å². The summed E-state index contributed by atoms with van der Waals surface area (Å²) in [5, 5.41) is 2.92. The molecule has 3 rings (SSSR count). The normalized spacial score (nSPS) is 19.5. The van der Waals surface area contributed by atoms with Crippen LogP contribution in [0.3, 0.4) is 0 Å². The fourth-order valence-corrected chi connectivity index (χ4v) is 2.59. The van der Waals surface area contributed by atoms with Crippen molar-refractivity contribution in [3.05, 3.63) is 60.2 Å². The van der Waals surface area contributed by atoms with Crippen molar-refractivity contribution in [3.63, 3.8) is 0 Å². The van der Waals surface area contributed by atoms with Crippen LogP contribution < -0.4 is 10.1 Å². The lowest BCUT2D eigenvalue weighted by atomic mass is 10.1. The molecule has 1 saturated carbocycles. The van der Waals surface area contributed by atoms with Gasteiger partial charge in [0.25, 0.3) is 0 Å². The summed E-state index contributed by atoms with van der Waals surface area (Å²) in [6.07, 6.45) is 0.594. The average Bonchev–Trinajstić information content (AvgIpc) is 3.26. The molecule has 2 aromatic rings. The van der Waals surface area contributed by atoms with Crippen molar-refractivity contribution in [1.82, 2.24) is 5.32 Å². The molecule has 2 unspecified atom stereocenters. The minimum absolute atomic E-state index is 0.153. The summed E-state index contributed by atoms with van der Waals surface area (Å²) in [5.74, 6) is 1.98. The number of ether oxygens (including phenoxy) is 2. The molecule has 0 bridgehead atoms. The molecule has 0 aliphatic heterocycles. The number of amides is 1. The Balaban J connectivity index is 1.53. The number of hydrogen-bond donors (Lipinski definition) is 1. The molecule has 4 nitrogen and oxygen atoms in total. The molecule has 1 aliphatic carbocycles. The Bertz CT molecular complexity index is 689. The van der Waals surface area contributed by atoms with Crippen LogP contribution in [0.25, 0.3) is 0 Å². The molecule has 1 amide bonds. The van der Waals surface area contributed by atoms with Crippen molar-refractivity contribution < 1.29 is 14.3 Å². The van der Waals surface area contributed by atoms with Gasteiger partial charge in [-0.05, 0) is 57.0 Å². The summed E-state index contributed by atoms with van der Waals surface area (Å²) in [6, 6.07) is 17.9. The van der Waals surface area contributed by atoms with Gasteiger partial charge in [0.15, 0.2) is 0 Å². The van der Waals surface area contributed by atoms with Gasteiger partial charge < -0.3 is 14.8 Å². The lowest BCUT2D eigenvalue weighted by Gasteiger charge is -2.19. The van der Waals surface area contributed by atoms with Crippen LogP contribution in [-0.4, -0.2) is 17.7 Å². The molecule has 0 spiro atoms. The van der Waals surface area contributed by atoms with Gasteiger partial charge in [0.05, 0.1) is 0 Å². The maximum Gasteiger partial charge on any atom is 0.407 e. The van der Waals surface area contributed by atoms with Crippen LogP contribution in [0.5, 0.6) is 11.5 Å². The summed E-state index contributed by atoms with van der Waals surface area (Å²) in [5.41, 5.74) is 0.738. The predicted octanol–water partition coefficient (Wildman–Crippen LogP) is 4.86. The maximum atomic E-state index is 11.8. The topological polar surface area (TPSA) is 47.6 Å². The summed E-state index contributed by atoms with van der Waals surface area (Å²) in [7, 11) is 0. The van der Waals surface area contributed by atoms with Gasteiger partial charge in [-0.3, -0.25) is 0 Å². The van der Waals surface area contributed by atoms with Crippen LogP contribution in [0, 0.1) is 0 Å². The van der Waals surface area contributed by atoms with Gasteiger partial charge in [0.1, 0.15) is 17.1 Å². The van der Waals surface area contributed by atoms with E-state index < -0.39 is 5.60 Å². The van der Waals surface area contributed by atoms with Gasteiger partial charge in [0, 0.05) is 12.0 Å². The van der Waals surface area contributed by atoms with Crippen LogP contribution in [0.1, 0.15) is 38.7 Å². The molecular weight excluding hydrogens is 302 g/mol. The Kier molecular flexibility index (Phi) is 4.47. The zero-order valence-corrected chi connectivity index (χ0v) is 14.3. The standard InChI is InChI=1S/C20H23NO3/c1-20(2,3)24-19(22)21-18-13-17(18)14-9-11-16(12-10-14)23-15-7-5-4-6-8-15/h4-12,17-18H,13H2,1-3H3,(H,21,22). The van der Waals surface area contributed by atoms with Crippen LogP contribution in [0.15, 0.2) is 54.6 Å². The monoisotopic (exact) mass is 325 g/mol. The number of benzene rings is 2. The second-order valence-corrected chi connectivity index (χ2v) is 7.08. The first kappa shape index (κ1) is 16.4. The van der Waals surface area contributed by atoms with Crippen molar-refractivity contribution in [1.29, 1.82) is 0 Å². The lowest BCUT2D eigenvalue weighted by Crippen LogP contribution is -2.34. The third kappa shape index (κ3) is 4.51. The molecule has 2 atom stereocenters. The Morgan fingerprint density at radius 2 is 1.62 bits per heavy atom. The number of nitrogens with one attached hydrogen (secondary N) is 1. The van der Waals surface area contributed by atoms with Crippen molar-refractivity contribution in [2.45, 2.75) is 44.8 Å². The molecule has 0 aromatic heterocycles. The Hall–Kier alpha value is -2.49. The molecule has 1 N–H and O–H groups in total. The summed E-state index contributed by atoms with van der Waals surface area (Å²) >= 11 is 0. The van der Waals surface area contributed by atoms with Crippen molar-refractivity contribution in [3.8, 4) is 11.5 Å². The molecule has 4 heteroatoms. The minimum atomic E-state index is -0.467. The SMILES string of the molecule is CC(C)(C)OC(=O)NC1CC1c1ccc(Oc2ccccc2)cc1. The molecule has 126 valence electrons. The summed E-state index contributed by atoms with van der Waals surface area (Å²) in [6.45, 7) is 5.59. The number of alkyl carbamates (subject to hydrolysis) is 1. The fourth-order valence-electron chi connectivity index (χ4n) is 2.59. The van der Waals surface area contributed by atoms with E-state index in [1.54, 1.807) is 0 Å². The van der Waals surface area contributed by atoms with Gasteiger partial charge in [-0.1, -0.05) is 30.3 Å². The second kappa shape index (κ2) is 6.56. The lowest BCUT2D eigenvalue weighted by molar-refractivity contribution is 0.0523. The molecule has 0 radical (unpaired) electrons. The van der Waals surface area contributed by atoms with E-state index in [0.29, 0.717) is 5.92 Å². The Morgan fingerprint density at radius 1 is 1.00 bits per heavy atom. The van der Waals surface area contributed by atoms with E-state index in [-0.39, 0.29) is 12.1 Å². The Morgan fingerprint density at radius 3 is 2.25 bits per heavy atom. The quantitative estimate of drug-likeness (QED) is 0.873. The van der Waals surface area contributed by atoms with Crippen molar-refractivity contribution >= 4 is 6.09 Å². The number of carbonyl (C=O) groups excluding carboxylic acids is 1. The largest absolute Gasteiger partial charge is 0.457 e. The first-order chi connectivity index (χ1) is 11.4. The molecular formula is C20H23NO3. The molecule has 0 saturated heterocycles. The number of hydrogen-bond acceptors (Lipinski definition) is 3. The van der Waals surface area contributed by atoms with E-state index in [4.69, 9.17) is 9.47 Å². The summed E-state index contributed by atoms with van der Waals surface area (Å²) < 4.78 is 11.1. The third-order valence-corrected chi connectivity index (χ3v) is 3.78. The third-order valence-electron chi connectivity index (χ3n) is 3.78. The Labute approximate surface area is 142 Å². The van der Waals surface area contributed by atoms with Gasteiger partial charge in [-0.25, -0.2) is 4.79 Å². The van der Waals surface area contributed by atoms with E-state index in [0.717, 1.165) is 17.9 Å². The van der Waals surface area contributed by atoms with E-state index in [2.05, 4.69) is 17.4 Å². The zero-order valence-electron chi connectivity index (χ0n) is 14.3. The predicted molar refractivity (Wildman–Crippen MR) is 93.5 cm³/mol. The molecule has 2 aromatic carbocycles. The number of para-hydroxylation sites is 1. The maximum absolute atomic E-state index is 11.8. The number of rotatable bonds is 4. The van der Waals surface area contributed by atoms with E-state index in [1.165, 1.54) is 5.56 Å². The average molecular weight is 325 g/mol. The molecule has 0 heterocycles. The van der Waals surface area contributed by atoms with Crippen LogP contribution >= 0.6 is 0 Å². The van der Waals surface area contributed by atoms with E-state index >= 15 is 0 Å². The number of carbonyl (C=O) groups is 1. The zero-order chi connectivity index (χ0) is 17.2. The molecule has 24 heavy (non-hydrogen) atoms. The van der Waals surface area contributed by atoms with Crippen LogP contribution in [-0.2, 0) is 4.74 Å².